The first-order valence-corrected chi connectivity index (χ1v) is 11.7. The molecule has 0 aliphatic carbocycles. The molecule has 0 aliphatic heterocycles. The average molecular weight is 468 g/mol. The number of amides is 3. The zero-order valence-electron chi connectivity index (χ0n) is 21.2. The maximum absolute atomic E-state index is 13.7. The lowest BCUT2D eigenvalue weighted by molar-refractivity contribution is -0.141. The number of nitrogens with one attached hydrogen (secondary N) is 2. The van der Waals surface area contributed by atoms with Crippen LogP contribution in [0.15, 0.2) is 54.6 Å². The third kappa shape index (κ3) is 7.33. The Morgan fingerprint density at radius 2 is 1.56 bits per heavy atom. The molecule has 2 unspecified atom stereocenters. The van der Waals surface area contributed by atoms with Crippen molar-refractivity contribution in [1.82, 2.24) is 10.2 Å². The van der Waals surface area contributed by atoms with Crippen molar-refractivity contribution >= 4 is 23.6 Å². The molecule has 2 aromatic carbocycles. The van der Waals surface area contributed by atoms with E-state index in [9.17, 15) is 14.4 Å². The molecule has 34 heavy (non-hydrogen) atoms. The molecule has 2 atom stereocenters. The molecule has 0 heterocycles. The molecule has 184 valence electrons. The van der Waals surface area contributed by atoms with Crippen LogP contribution in [0.2, 0.25) is 0 Å². The van der Waals surface area contributed by atoms with Gasteiger partial charge in [0.25, 0.3) is 5.91 Å². The predicted molar refractivity (Wildman–Crippen MR) is 134 cm³/mol. The highest BCUT2D eigenvalue weighted by atomic mass is 16.6. The summed E-state index contributed by atoms with van der Waals surface area (Å²) in [6.07, 6.45) is -0.670. The number of carbonyl (C=O) groups is 3. The van der Waals surface area contributed by atoms with Crippen LogP contribution >= 0.6 is 0 Å². The average Bonchev–Trinajstić information content (AvgIpc) is 2.76. The lowest BCUT2D eigenvalue weighted by atomic mass is 9.99. The van der Waals surface area contributed by atoms with Crippen molar-refractivity contribution in [2.24, 2.45) is 5.92 Å². The van der Waals surface area contributed by atoms with E-state index in [4.69, 9.17) is 4.74 Å². The molecule has 0 bridgehead atoms. The molecule has 0 spiro atoms. The highest BCUT2D eigenvalue weighted by Crippen LogP contribution is 2.26. The highest BCUT2D eigenvalue weighted by Gasteiger charge is 2.36. The number of aryl methyl sites for hydroxylation is 1. The van der Waals surface area contributed by atoms with Crippen molar-refractivity contribution in [3.05, 3.63) is 65.7 Å². The van der Waals surface area contributed by atoms with E-state index in [0.29, 0.717) is 11.3 Å². The third-order valence-corrected chi connectivity index (χ3v) is 5.31. The van der Waals surface area contributed by atoms with Gasteiger partial charge < -0.3 is 20.3 Å². The largest absolute Gasteiger partial charge is 0.444 e. The van der Waals surface area contributed by atoms with Crippen LogP contribution in [-0.2, 0) is 14.3 Å². The van der Waals surface area contributed by atoms with E-state index in [1.807, 2.05) is 82.3 Å². The summed E-state index contributed by atoms with van der Waals surface area (Å²) < 4.78 is 5.37. The first-order valence-electron chi connectivity index (χ1n) is 11.7. The first-order chi connectivity index (χ1) is 15.9. The van der Waals surface area contributed by atoms with Gasteiger partial charge in [0.05, 0.1) is 0 Å². The topological polar surface area (TPSA) is 87.7 Å². The Morgan fingerprint density at radius 3 is 2.09 bits per heavy atom. The number of benzene rings is 2. The van der Waals surface area contributed by atoms with E-state index in [1.165, 1.54) is 4.90 Å². The number of ether oxygens (including phenoxy) is 1. The van der Waals surface area contributed by atoms with Gasteiger partial charge in [0.15, 0.2) is 0 Å². The van der Waals surface area contributed by atoms with Gasteiger partial charge in [-0.15, -0.1) is 0 Å². The Hall–Kier alpha value is -3.35. The Morgan fingerprint density at radius 1 is 0.971 bits per heavy atom. The maximum atomic E-state index is 13.7. The second-order valence-electron chi connectivity index (χ2n) is 9.61. The van der Waals surface area contributed by atoms with E-state index in [-0.39, 0.29) is 24.3 Å². The van der Waals surface area contributed by atoms with Gasteiger partial charge in [0.1, 0.15) is 17.7 Å². The Kier molecular flexibility index (Phi) is 9.24. The molecular weight excluding hydrogens is 430 g/mol. The molecule has 0 aliphatic rings. The zero-order chi connectivity index (χ0) is 25.5. The minimum absolute atomic E-state index is 0.218. The fourth-order valence-electron chi connectivity index (χ4n) is 3.61. The standard InChI is InChI=1S/C27H37N3O4/c1-8-30(25(32)22(18(2)3)29-26(33)34-27(5,6)7)23(20-15-10-9-11-16-20)24(31)28-21-17-13-12-14-19(21)4/h9-18,22-23H,8H2,1-7H3,(H,28,31)(H,29,33). The Balaban J connectivity index is 2.40. The van der Waals surface area contributed by atoms with Crippen LogP contribution in [0.3, 0.4) is 0 Å². The van der Waals surface area contributed by atoms with Crippen LogP contribution in [0.5, 0.6) is 0 Å². The summed E-state index contributed by atoms with van der Waals surface area (Å²) in [5, 5.41) is 5.68. The second-order valence-corrected chi connectivity index (χ2v) is 9.61. The minimum atomic E-state index is -0.875. The number of para-hydroxylation sites is 1. The molecule has 0 aromatic heterocycles. The molecule has 7 heteroatoms. The van der Waals surface area contributed by atoms with Gasteiger partial charge in [0, 0.05) is 12.2 Å². The molecule has 0 saturated heterocycles. The molecule has 0 fully saturated rings. The summed E-state index contributed by atoms with van der Waals surface area (Å²) in [4.78, 5) is 41.2. The van der Waals surface area contributed by atoms with Gasteiger partial charge in [-0.05, 0) is 57.7 Å². The summed E-state index contributed by atoms with van der Waals surface area (Å²) in [7, 11) is 0. The number of hydrogen-bond acceptors (Lipinski definition) is 4. The van der Waals surface area contributed by atoms with Gasteiger partial charge in [-0.1, -0.05) is 62.4 Å². The maximum Gasteiger partial charge on any atom is 0.408 e. The van der Waals surface area contributed by atoms with E-state index in [2.05, 4.69) is 10.6 Å². The Bertz CT molecular complexity index is 983. The molecular formula is C27H37N3O4. The van der Waals surface area contributed by atoms with Gasteiger partial charge in [0.2, 0.25) is 5.91 Å². The number of nitrogens with zero attached hydrogens (tertiary/aromatic N) is 1. The van der Waals surface area contributed by atoms with Crippen LogP contribution in [-0.4, -0.2) is 41.0 Å². The minimum Gasteiger partial charge on any atom is -0.444 e. The first kappa shape index (κ1) is 26.9. The molecule has 2 aromatic rings. The molecule has 3 amide bonds. The molecule has 2 N–H and O–H groups in total. The van der Waals surface area contributed by atoms with Gasteiger partial charge >= 0.3 is 6.09 Å². The van der Waals surface area contributed by atoms with Crippen LogP contribution in [0.1, 0.15) is 58.7 Å². The fraction of sp³-hybridized carbons (Fsp3) is 0.444. The molecule has 7 nitrogen and oxygen atoms in total. The fourth-order valence-corrected chi connectivity index (χ4v) is 3.61. The summed E-state index contributed by atoms with van der Waals surface area (Å²) in [6.45, 7) is 13.0. The molecule has 2 rings (SSSR count). The second kappa shape index (κ2) is 11.7. The normalized spacial score (nSPS) is 13.1. The van der Waals surface area contributed by atoms with E-state index >= 15 is 0 Å². The Labute approximate surface area is 202 Å². The van der Waals surface area contributed by atoms with Gasteiger partial charge in [-0.25, -0.2) is 4.79 Å². The summed E-state index contributed by atoms with van der Waals surface area (Å²) in [5.41, 5.74) is 1.59. The van der Waals surface area contributed by atoms with Crippen molar-refractivity contribution in [3.8, 4) is 0 Å². The van der Waals surface area contributed by atoms with Crippen LogP contribution in [0.4, 0.5) is 10.5 Å². The zero-order valence-corrected chi connectivity index (χ0v) is 21.2. The van der Waals surface area contributed by atoms with E-state index in [0.717, 1.165) is 5.56 Å². The smallest absolute Gasteiger partial charge is 0.408 e. The van der Waals surface area contributed by atoms with Crippen molar-refractivity contribution < 1.29 is 19.1 Å². The monoisotopic (exact) mass is 467 g/mol. The SMILES string of the molecule is CCN(C(=O)C(NC(=O)OC(C)(C)C)C(C)C)C(C(=O)Nc1ccccc1C)c1ccccc1. The lowest BCUT2D eigenvalue weighted by Crippen LogP contribution is -2.54. The quantitative estimate of drug-likeness (QED) is 0.567. The molecule has 0 saturated carbocycles. The van der Waals surface area contributed by atoms with Crippen molar-refractivity contribution in [1.29, 1.82) is 0 Å². The van der Waals surface area contributed by atoms with Gasteiger partial charge in [-0.3, -0.25) is 9.59 Å². The summed E-state index contributed by atoms with van der Waals surface area (Å²) >= 11 is 0. The number of hydrogen-bond donors (Lipinski definition) is 2. The molecule has 0 radical (unpaired) electrons. The van der Waals surface area contributed by atoms with Gasteiger partial charge in [-0.2, -0.15) is 0 Å². The summed E-state index contributed by atoms with van der Waals surface area (Å²) in [6, 6.07) is 14.9. The highest BCUT2D eigenvalue weighted by molar-refractivity contribution is 5.99. The van der Waals surface area contributed by atoms with E-state index in [1.54, 1.807) is 20.8 Å². The lowest BCUT2D eigenvalue weighted by Gasteiger charge is -2.35. The van der Waals surface area contributed by atoms with E-state index < -0.39 is 23.8 Å². The number of carbonyl (C=O) groups excluding carboxylic acids is 3. The van der Waals surface area contributed by atoms with Crippen molar-refractivity contribution in [3.63, 3.8) is 0 Å². The third-order valence-electron chi connectivity index (χ3n) is 5.31. The number of likely N-dealkylation sites (N-methyl/N-ethyl adjacent to an activating group) is 1. The van der Waals surface area contributed by atoms with Crippen LogP contribution in [0, 0.1) is 12.8 Å². The van der Waals surface area contributed by atoms with Crippen molar-refractivity contribution in [2.75, 3.05) is 11.9 Å². The number of rotatable bonds is 8. The predicted octanol–water partition coefficient (Wildman–Crippen LogP) is 5.07. The van der Waals surface area contributed by atoms with Crippen molar-refractivity contribution in [2.45, 2.75) is 66.2 Å². The van der Waals surface area contributed by atoms with Crippen LogP contribution in [0.25, 0.3) is 0 Å². The van der Waals surface area contributed by atoms with Crippen LogP contribution < -0.4 is 10.6 Å². The number of anilines is 1. The number of alkyl carbamates (subject to hydrolysis) is 1. The summed E-state index contributed by atoms with van der Waals surface area (Å²) in [5.74, 6) is -0.891.